The van der Waals surface area contributed by atoms with E-state index in [1.807, 2.05) is 12.1 Å². The van der Waals surface area contributed by atoms with Crippen LogP contribution in [0.4, 0.5) is 0 Å². The minimum absolute atomic E-state index is 0.0139. The average Bonchev–Trinajstić information content (AvgIpc) is 2.74. The zero-order valence-corrected chi connectivity index (χ0v) is 10.3. The summed E-state index contributed by atoms with van der Waals surface area (Å²) in [6.45, 7) is 0.137. The Morgan fingerprint density at radius 3 is 3.06 bits per heavy atom. The molecule has 0 bridgehead atoms. The van der Waals surface area contributed by atoms with Crippen LogP contribution in [0.2, 0.25) is 0 Å². The van der Waals surface area contributed by atoms with Gasteiger partial charge in [0.2, 0.25) is 0 Å². The third kappa shape index (κ3) is 2.85. The first kappa shape index (κ1) is 11.7. The molecule has 0 unspecified atom stereocenters. The summed E-state index contributed by atoms with van der Waals surface area (Å²) in [5.74, 6) is -0.413. The van der Waals surface area contributed by atoms with E-state index in [0.29, 0.717) is 11.4 Å². The zero-order chi connectivity index (χ0) is 12.3. The highest BCUT2D eigenvalue weighted by molar-refractivity contribution is 9.10. The van der Waals surface area contributed by atoms with E-state index in [9.17, 15) is 4.79 Å². The minimum Gasteiger partial charge on any atom is -0.487 e. The summed E-state index contributed by atoms with van der Waals surface area (Å²) >= 11 is 3.32. The standard InChI is InChI=1S/C11H9BrN2O3/c12-7-2-1-3-8(4-7)17-5-9-10(11(15)16)14-6-13-9/h1-4,6H,5H2,(H,13,14)(H,15,16). The number of carboxylic acids is 1. The summed E-state index contributed by atoms with van der Waals surface area (Å²) in [5, 5.41) is 8.85. The van der Waals surface area contributed by atoms with Crippen LogP contribution >= 0.6 is 15.9 Å². The second kappa shape index (κ2) is 5.01. The predicted octanol–water partition coefficient (Wildman–Crippen LogP) is 2.45. The molecule has 0 atom stereocenters. The molecule has 1 aromatic carbocycles. The van der Waals surface area contributed by atoms with E-state index >= 15 is 0 Å². The Kier molecular flexibility index (Phi) is 3.43. The van der Waals surface area contributed by atoms with Gasteiger partial charge in [0.25, 0.3) is 0 Å². The Morgan fingerprint density at radius 1 is 1.53 bits per heavy atom. The number of nitrogens with zero attached hydrogens (tertiary/aromatic N) is 1. The molecule has 0 radical (unpaired) electrons. The Hall–Kier alpha value is -1.82. The van der Waals surface area contributed by atoms with Crippen LogP contribution in [0.1, 0.15) is 16.2 Å². The number of aromatic amines is 1. The molecule has 2 N–H and O–H groups in total. The monoisotopic (exact) mass is 296 g/mol. The van der Waals surface area contributed by atoms with Crippen LogP contribution in [-0.2, 0) is 6.61 Å². The topological polar surface area (TPSA) is 75.2 Å². The number of halogens is 1. The molecule has 5 nitrogen and oxygen atoms in total. The number of carboxylic acid groups (broad SMARTS) is 1. The molecular formula is C11H9BrN2O3. The predicted molar refractivity (Wildman–Crippen MR) is 64.0 cm³/mol. The lowest BCUT2D eigenvalue weighted by Gasteiger charge is -2.05. The first-order valence-electron chi connectivity index (χ1n) is 4.80. The molecule has 0 saturated heterocycles. The number of hydrogen-bond acceptors (Lipinski definition) is 3. The van der Waals surface area contributed by atoms with Crippen LogP contribution in [0.5, 0.6) is 5.75 Å². The van der Waals surface area contributed by atoms with Crippen molar-refractivity contribution in [2.75, 3.05) is 0 Å². The van der Waals surface area contributed by atoms with E-state index in [2.05, 4.69) is 25.9 Å². The first-order valence-corrected chi connectivity index (χ1v) is 5.60. The van der Waals surface area contributed by atoms with E-state index in [-0.39, 0.29) is 12.3 Å². The molecule has 2 rings (SSSR count). The average molecular weight is 297 g/mol. The zero-order valence-electron chi connectivity index (χ0n) is 8.68. The molecule has 1 aromatic heterocycles. The summed E-state index contributed by atoms with van der Waals surface area (Å²) in [6.07, 6.45) is 1.34. The molecule has 2 aromatic rings. The Balaban J connectivity index is 2.07. The number of benzene rings is 1. The van der Waals surface area contributed by atoms with Crippen molar-refractivity contribution >= 4 is 21.9 Å². The summed E-state index contributed by atoms with van der Waals surface area (Å²) < 4.78 is 6.36. The molecular weight excluding hydrogens is 288 g/mol. The van der Waals surface area contributed by atoms with Gasteiger partial charge in [-0.25, -0.2) is 9.78 Å². The minimum atomic E-state index is -1.07. The normalized spacial score (nSPS) is 10.2. The maximum atomic E-state index is 10.8. The summed E-state index contributed by atoms with van der Waals surface area (Å²) in [5.41, 5.74) is 0.428. The second-order valence-electron chi connectivity index (χ2n) is 3.28. The number of rotatable bonds is 4. The van der Waals surface area contributed by atoms with Gasteiger partial charge in [-0.2, -0.15) is 0 Å². The number of carbonyl (C=O) groups is 1. The van der Waals surface area contributed by atoms with Crippen molar-refractivity contribution in [2.45, 2.75) is 6.61 Å². The van der Waals surface area contributed by atoms with Gasteiger partial charge in [-0.3, -0.25) is 0 Å². The van der Waals surface area contributed by atoms with Gasteiger partial charge in [0.05, 0.1) is 12.0 Å². The summed E-state index contributed by atoms with van der Waals surface area (Å²) in [4.78, 5) is 17.2. The van der Waals surface area contributed by atoms with Crippen LogP contribution in [0.25, 0.3) is 0 Å². The molecule has 6 heteroatoms. The van der Waals surface area contributed by atoms with Crippen molar-refractivity contribution in [1.82, 2.24) is 9.97 Å². The maximum absolute atomic E-state index is 10.8. The maximum Gasteiger partial charge on any atom is 0.356 e. The number of hydrogen-bond donors (Lipinski definition) is 2. The van der Waals surface area contributed by atoms with E-state index in [1.54, 1.807) is 12.1 Å². The molecule has 0 aliphatic rings. The van der Waals surface area contributed by atoms with Crippen LogP contribution in [0.15, 0.2) is 35.1 Å². The fourth-order valence-corrected chi connectivity index (χ4v) is 1.71. The van der Waals surface area contributed by atoms with Gasteiger partial charge >= 0.3 is 5.97 Å². The summed E-state index contributed by atoms with van der Waals surface area (Å²) in [6, 6.07) is 7.31. The summed E-state index contributed by atoms with van der Waals surface area (Å²) in [7, 11) is 0. The fourth-order valence-electron chi connectivity index (χ4n) is 1.33. The molecule has 17 heavy (non-hydrogen) atoms. The molecule has 0 saturated carbocycles. The highest BCUT2D eigenvalue weighted by atomic mass is 79.9. The van der Waals surface area contributed by atoms with Crippen LogP contribution in [0, 0.1) is 0 Å². The number of H-pyrrole nitrogens is 1. The smallest absolute Gasteiger partial charge is 0.356 e. The van der Waals surface area contributed by atoms with Gasteiger partial charge < -0.3 is 14.8 Å². The quantitative estimate of drug-likeness (QED) is 0.909. The van der Waals surface area contributed by atoms with Crippen molar-refractivity contribution in [1.29, 1.82) is 0 Å². The molecule has 0 aliphatic heterocycles. The fraction of sp³-hybridized carbons (Fsp3) is 0.0909. The Bertz CT molecular complexity index is 539. The molecule has 0 amide bonds. The van der Waals surface area contributed by atoms with Crippen molar-refractivity contribution in [3.05, 3.63) is 46.5 Å². The molecule has 1 heterocycles. The lowest BCUT2D eigenvalue weighted by Crippen LogP contribution is -2.05. The van der Waals surface area contributed by atoms with Crippen LogP contribution in [0.3, 0.4) is 0 Å². The van der Waals surface area contributed by atoms with Crippen LogP contribution in [-0.4, -0.2) is 21.0 Å². The lowest BCUT2D eigenvalue weighted by atomic mass is 10.3. The van der Waals surface area contributed by atoms with Crippen molar-refractivity contribution in [2.24, 2.45) is 0 Å². The number of aromatic carboxylic acids is 1. The molecule has 0 spiro atoms. The lowest BCUT2D eigenvalue weighted by molar-refractivity contribution is 0.0688. The van der Waals surface area contributed by atoms with Gasteiger partial charge in [0.1, 0.15) is 12.4 Å². The van der Waals surface area contributed by atoms with Gasteiger partial charge in [-0.05, 0) is 18.2 Å². The highest BCUT2D eigenvalue weighted by Gasteiger charge is 2.13. The number of ether oxygens (including phenoxy) is 1. The highest BCUT2D eigenvalue weighted by Crippen LogP contribution is 2.19. The van der Waals surface area contributed by atoms with Gasteiger partial charge in [0.15, 0.2) is 5.69 Å². The Labute approximate surface area is 106 Å². The van der Waals surface area contributed by atoms with E-state index in [0.717, 1.165) is 4.47 Å². The van der Waals surface area contributed by atoms with Gasteiger partial charge in [-0.15, -0.1) is 0 Å². The SMILES string of the molecule is O=C(O)c1nc[nH]c1COc1cccc(Br)c1. The van der Waals surface area contributed by atoms with Gasteiger partial charge in [0, 0.05) is 4.47 Å². The van der Waals surface area contributed by atoms with E-state index in [1.165, 1.54) is 6.33 Å². The van der Waals surface area contributed by atoms with Crippen molar-refractivity contribution < 1.29 is 14.6 Å². The molecule has 88 valence electrons. The number of aromatic nitrogens is 2. The second-order valence-corrected chi connectivity index (χ2v) is 4.20. The van der Waals surface area contributed by atoms with Gasteiger partial charge in [-0.1, -0.05) is 22.0 Å². The third-order valence-electron chi connectivity index (χ3n) is 2.10. The van der Waals surface area contributed by atoms with Crippen molar-refractivity contribution in [3.63, 3.8) is 0 Å². The Morgan fingerprint density at radius 2 is 2.35 bits per heavy atom. The van der Waals surface area contributed by atoms with Crippen LogP contribution < -0.4 is 4.74 Å². The number of nitrogens with one attached hydrogen (secondary N) is 1. The number of imidazole rings is 1. The largest absolute Gasteiger partial charge is 0.487 e. The van der Waals surface area contributed by atoms with E-state index in [4.69, 9.17) is 9.84 Å². The first-order chi connectivity index (χ1) is 8.16. The third-order valence-corrected chi connectivity index (χ3v) is 2.59. The van der Waals surface area contributed by atoms with E-state index < -0.39 is 5.97 Å². The molecule has 0 aliphatic carbocycles. The van der Waals surface area contributed by atoms with Crippen molar-refractivity contribution in [3.8, 4) is 5.75 Å². The molecule has 0 fully saturated rings.